The number of aromatic amines is 1. The molecule has 2 aliphatic rings. The zero-order valence-corrected chi connectivity index (χ0v) is 19.3. The SMILES string of the molecule is CCCCOC(=O)C(Cc1cc2ccccc2[nH]1)NC(=O)C1=NN=C(N2CCN(C)CC2)C1. The Balaban J connectivity index is 1.40. The standard InChI is InChI=1S/C24H32N6O3/c1-3-4-13-33-24(32)21(15-18-14-17-7-5-6-8-19(17)25-18)26-23(31)20-16-22(28-27-20)30-11-9-29(2)10-12-30/h5-8,14,21,25H,3-4,9-13,15-16H2,1-2H3,(H,26,31). The Morgan fingerprint density at radius 2 is 1.97 bits per heavy atom. The van der Waals surface area contributed by atoms with E-state index >= 15 is 0 Å². The molecular formula is C24H32N6O3. The van der Waals surface area contributed by atoms with Crippen molar-refractivity contribution in [3.05, 3.63) is 36.0 Å². The average molecular weight is 453 g/mol. The third-order valence-corrected chi connectivity index (χ3v) is 6.08. The van der Waals surface area contributed by atoms with Crippen LogP contribution < -0.4 is 5.32 Å². The fourth-order valence-electron chi connectivity index (χ4n) is 4.02. The van der Waals surface area contributed by atoms with Crippen molar-refractivity contribution in [2.24, 2.45) is 10.2 Å². The number of aromatic nitrogens is 1. The largest absolute Gasteiger partial charge is 0.464 e. The van der Waals surface area contributed by atoms with Crippen molar-refractivity contribution in [1.82, 2.24) is 20.1 Å². The lowest BCUT2D eigenvalue weighted by molar-refractivity contribution is -0.147. The molecular weight excluding hydrogens is 420 g/mol. The van der Waals surface area contributed by atoms with Gasteiger partial charge >= 0.3 is 5.97 Å². The van der Waals surface area contributed by atoms with Crippen molar-refractivity contribution in [2.45, 2.75) is 38.6 Å². The van der Waals surface area contributed by atoms with Crippen molar-refractivity contribution < 1.29 is 14.3 Å². The molecule has 0 bridgehead atoms. The van der Waals surface area contributed by atoms with Gasteiger partial charge in [0.15, 0.2) is 0 Å². The summed E-state index contributed by atoms with van der Waals surface area (Å²) in [6, 6.07) is 9.10. The minimum Gasteiger partial charge on any atom is -0.464 e. The molecule has 0 saturated carbocycles. The van der Waals surface area contributed by atoms with Gasteiger partial charge in [-0.15, -0.1) is 10.2 Å². The average Bonchev–Trinajstić information content (AvgIpc) is 3.46. The zero-order chi connectivity index (χ0) is 23.2. The van der Waals surface area contributed by atoms with Gasteiger partial charge in [0.2, 0.25) is 0 Å². The van der Waals surface area contributed by atoms with Crippen LogP contribution in [0.2, 0.25) is 0 Å². The Bertz CT molecular complexity index is 1020. The van der Waals surface area contributed by atoms with Crippen molar-refractivity contribution >= 4 is 34.3 Å². The molecule has 0 aliphatic carbocycles. The van der Waals surface area contributed by atoms with Crippen LogP contribution in [0.3, 0.4) is 0 Å². The van der Waals surface area contributed by atoms with E-state index in [-0.39, 0.29) is 5.91 Å². The number of nitrogens with zero attached hydrogens (tertiary/aromatic N) is 4. The number of carbonyl (C=O) groups is 2. The minimum absolute atomic E-state index is 0.310. The third kappa shape index (κ3) is 5.78. The maximum absolute atomic E-state index is 13.0. The molecule has 1 fully saturated rings. The first-order valence-corrected chi connectivity index (χ1v) is 11.6. The van der Waals surface area contributed by atoms with Crippen LogP contribution in [0.1, 0.15) is 31.9 Å². The van der Waals surface area contributed by atoms with E-state index in [1.165, 1.54) is 0 Å². The summed E-state index contributed by atoms with van der Waals surface area (Å²) in [6.45, 7) is 6.02. The second-order valence-electron chi connectivity index (χ2n) is 8.66. The molecule has 2 N–H and O–H groups in total. The Hall–Kier alpha value is -3.20. The van der Waals surface area contributed by atoms with E-state index in [0.717, 1.165) is 61.5 Å². The normalized spacial score (nSPS) is 17.6. The molecule has 1 saturated heterocycles. The number of unbranched alkanes of at least 4 members (excludes halogenated alkanes) is 1. The number of esters is 1. The van der Waals surface area contributed by atoms with E-state index < -0.39 is 12.0 Å². The van der Waals surface area contributed by atoms with E-state index in [9.17, 15) is 9.59 Å². The molecule has 1 aromatic carbocycles. The summed E-state index contributed by atoms with van der Waals surface area (Å²) >= 11 is 0. The molecule has 1 aromatic heterocycles. The maximum atomic E-state index is 13.0. The number of hydrogen-bond acceptors (Lipinski definition) is 7. The van der Waals surface area contributed by atoms with Crippen LogP contribution in [0.25, 0.3) is 10.9 Å². The van der Waals surface area contributed by atoms with E-state index in [4.69, 9.17) is 4.74 Å². The van der Waals surface area contributed by atoms with Gasteiger partial charge in [0.25, 0.3) is 5.91 Å². The van der Waals surface area contributed by atoms with E-state index in [1.807, 2.05) is 37.3 Å². The Labute approximate surface area is 193 Å². The van der Waals surface area contributed by atoms with Gasteiger partial charge in [-0.05, 0) is 31.0 Å². The molecule has 3 heterocycles. The molecule has 0 spiro atoms. The van der Waals surface area contributed by atoms with Crippen LogP contribution in [0.5, 0.6) is 0 Å². The lowest BCUT2D eigenvalue weighted by atomic mass is 10.1. The number of nitrogens with one attached hydrogen (secondary N) is 2. The molecule has 9 nitrogen and oxygen atoms in total. The third-order valence-electron chi connectivity index (χ3n) is 6.08. The molecule has 176 valence electrons. The predicted octanol–water partition coefficient (Wildman–Crippen LogP) is 1.94. The first kappa shape index (κ1) is 23.0. The highest BCUT2D eigenvalue weighted by molar-refractivity contribution is 6.43. The van der Waals surface area contributed by atoms with Crippen LogP contribution in [0.4, 0.5) is 0 Å². The van der Waals surface area contributed by atoms with Gasteiger partial charge in [-0.1, -0.05) is 31.5 Å². The lowest BCUT2D eigenvalue weighted by Gasteiger charge is -2.33. The van der Waals surface area contributed by atoms with Crippen LogP contribution >= 0.6 is 0 Å². The van der Waals surface area contributed by atoms with Crippen LogP contribution in [0, 0.1) is 0 Å². The number of ether oxygens (including phenoxy) is 1. The number of piperazine rings is 1. The van der Waals surface area contributed by atoms with Crippen LogP contribution in [-0.4, -0.2) is 84.1 Å². The van der Waals surface area contributed by atoms with Gasteiger partial charge in [0, 0.05) is 43.8 Å². The van der Waals surface area contributed by atoms with Crippen molar-refractivity contribution in [3.8, 4) is 0 Å². The van der Waals surface area contributed by atoms with Gasteiger partial charge in [-0.2, -0.15) is 0 Å². The molecule has 2 aliphatic heterocycles. The molecule has 2 aromatic rings. The first-order valence-electron chi connectivity index (χ1n) is 11.6. The number of carbonyl (C=O) groups excluding carboxylic acids is 2. The van der Waals surface area contributed by atoms with Gasteiger partial charge < -0.3 is 24.8 Å². The number of rotatable bonds is 8. The number of benzene rings is 1. The molecule has 1 unspecified atom stereocenters. The second-order valence-corrected chi connectivity index (χ2v) is 8.66. The summed E-state index contributed by atoms with van der Waals surface area (Å²) in [5.41, 5.74) is 2.17. The van der Waals surface area contributed by atoms with E-state index in [2.05, 4.69) is 37.4 Å². The number of para-hydroxylation sites is 1. The maximum Gasteiger partial charge on any atom is 0.329 e. The summed E-state index contributed by atoms with van der Waals surface area (Å²) in [5.74, 6) is -0.00312. The van der Waals surface area contributed by atoms with Crippen molar-refractivity contribution in [2.75, 3.05) is 39.8 Å². The number of hydrogen-bond donors (Lipinski definition) is 2. The van der Waals surface area contributed by atoms with Crippen LogP contribution in [0.15, 0.2) is 40.5 Å². The molecule has 33 heavy (non-hydrogen) atoms. The van der Waals surface area contributed by atoms with Gasteiger partial charge in [0.05, 0.1) is 13.0 Å². The Morgan fingerprint density at radius 3 is 2.73 bits per heavy atom. The first-order chi connectivity index (χ1) is 16.0. The molecule has 0 radical (unpaired) electrons. The summed E-state index contributed by atoms with van der Waals surface area (Å²) in [4.78, 5) is 33.5. The summed E-state index contributed by atoms with van der Waals surface area (Å²) in [7, 11) is 2.09. The predicted molar refractivity (Wildman–Crippen MR) is 128 cm³/mol. The summed E-state index contributed by atoms with van der Waals surface area (Å²) in [6.07, 6.45) is 2.40. The van der Waals surface area contributed by atoms with Gasteiger partial charge in [-0.3, -0.25) is 4.79 Å². The van der Waals surface area contributed by atoms with Crippen LogP contribution in [-0.2, 0) is 20.7 Å². The highest BCUT2D eigenvalue weighted by Crippen LogP contribution is 2.17. The Kier molecular flexibility index (Phi) is 7.39. The summed E-state index contributed by atoms with van der Waals surface area (Å²) in [5, 5.41) is 12.3. The number of amides is 1. The molecule has 9 heteroatoms. The highest BCUT2D eigenvalue weighted by Gasteiger charge is 2.29. The zero-order valence-electron chi connectivity index (χ0n) is 19.3. The number of fused-ring (bicyclic) bond motifs is 1. The number of amidine groups is 1. The molecule has 4 rings (SSSR count). The van der Waals surface area contributed by atoms with Gasteiger partial charge in [0.1, 0.15) is 17.6 Å². The van der Waals surface area contributed by atoms with Crippen molar-refractivity contribution in [3.63, 3.8) is 0 Å². The fourth-order valence-corrected chi connectivity index (χ4v) is 4.02. The quantitative estimate of drug-likeness (QED) is 0.471. The van der Waals surface area contributed by atoms with E-state index in [0.29, 0.717) is 25.2 Å². The number of likely N-dealkylation sites (N-methyl/N-ethyl adjacent to an activating group) is 1. The summed E-state index contributed by atoms with van der Waals surface area (Å²) < 4.78 is 5.43. The van der Waals surface area contributed by atoms with Crippen molar-refractivity contribution in [1.29, 1.82) is 0 Å². The topological polar surface area (TPSA) is 102 Å². The fraction of sp³-hybridized carbons (Fsp3) is 0.500. The monoisotopic (exact) mass is 452 g/mol. The second kappa shape index (κ2) is 10.6. The van der Waals surface area contributed by atoms with E-state index in [1.54, 1.807) is 0 Å². The minimum atomic E-state index is -0.808. The molecule has 1 amide bonds. The number of H-pyrrole nitrogens is 1. The lowest BCUT2D eigenvalue weighted by Crippen LogP contribution is -2.48. The van der Waals surface area contributed by atoms with Gasteiger partial charge in [-0.25, -0.2) is 4.79 Å². The molecule has 1 atom stereocenters. The smallest absolute Gasteiger partial charge is 0.329 e. The Morgan fingerprint density at radius 1 is 1.18 bits per heavy atom. The highest BCUT2D eigenvalue weighted by atomic mass is 16.5.